The second-order valence-electron chi connectivity index (χ2n) is 18.4. The molecule has 4 fully saturated rings. The Bertz CT molecular complexity index is 2670. The second-order valence-corrected chi connectivity index (χ2v) is 18.4. The fourth-order valence-corrected chi connectivity index (χ4v) is 9.96. The molecule has 332 valence electrons. The van der Waals surface area contributed by atoms with Gasteiger partial charge in [0.25, 0.3) is 12.3 Å². The van der Waals surface area contributed by atoms with Crippen LogP contribution in [0, 0.1) is 23.2 Å². The standard InChI is InChI=1S/C45H54F2N12O4/c1-45(2)17-6-19-56(28-45)36-16-20-57-41(50-36)32(25-48-57)42(61)49-33-27-58(52-38(33)40(46)47)31-12-10-29(11-13-31)26-55-23-21-54(22-24-55)18-5-8-30-7-4-9-34-39(30)53(3)44(63)59(34)35-14-15-37(60)51-43(35)62/h4,7,9,16,20,25,27,29,31,35,40H,6,10-15,17-19,21-24,26,28H2,1-3H3,(H,49,61)(H,51,60,62). The summed E-state index contributed by atoms with van der Waals surface area (Å²) >= 11 is 0. The van der Waals surface area contributed by atoms with E-state index in [0.29, 0.717) is 34.7 Å². The number of hydrogen-bond acceptors (Lipinski definition) is 10. The van der Waals surface area contributed by atoms with Crippen LogP contribution in [0.15, 0.2) is 47.7 Å². The monoisotopic (exact) mass is 864 g/mol. The number of fused-ring (bicyclic) bond motifs is 2. The lowest BCUT2D eigenvalue weighted by Gasteiger charge is -2.38. The fraction of sp³-hybridized carbons (Fsp3) is 0.533. The summed E-state index contributed by atoms with van der Waals surface area (Å²) in [5.41, 5.74) is 1.95. The molecular weight excluding hydrogens is 811 g/mol. The van der Waals surface area contributed by atoms with Crippen molar-refractivity contribution in [2.45, 2.75) is 83.7 Å². The van der Waals surface area contributed by atoms with Crippen molar-refractivity contribution in [2.24, 2.45) is 18.4 Å². The first kappa shape index (κ1) is 42.4. The third-order valence-electron chi connectivity index (χ3n) is 13.4. The number of piperazine rings is 1. The molecule has 16 nitrogen and oxygen atoms in total. The molecule has 1 atom stereocenters. The van der Waals surface area contributed by atoms with E-state index in [2.05, 4.69) is 61.2 Å². The van der Waals surface area contributed by atoms with Gasteiger partial charge in [-0.1, -0.05) is 31.8 Å². The van der Waals surface area contributed by atoms with Crippen LogP contribution in [0.25, 0.3) is 16.7 Å². The van der Waals surface area contributed by atoms with Crippen LogP contribution in [0.4, 0.5) is 20.3 Å². The zero-order chi connectivity index (χ0) is 44.0. The van der Waals surface area contributed by atoms with E-state index in [9.17, 15) is 28.0 Å². The summed E-state index contributed by atoms with van der Waals surface area (Å²) in [6, 6.07) is 6.62. The highest BCUT2D eigenvalue weighted by molar-refractivity contribution is 6.08. The Hall–Kier alpha value is -5.93. The summed E-state index contributed by atoms with van der Waals surface area (Å²) in [6.45, 7) is 11.3. The second kappa shape index (κ2) is 17.3. The van der Waals surface area contributed by atoms with Gasteiger partial charge in [0.15, 0.2) is 11.3 Å². The number of para-hydroxylation sites is 1. The molecule has 3 saturated heterocycles. The molecule has 1 saturated carbocycles. The molecule has 5 aromatic rings. The minimum Gasteiger partial charge on any atom is -0.356 e. The number of aromatic nitrogens is 7. The zero-order valence-corrected chi connectivity index (χ0v) is 36.0. The third-order valence-corrected chi connectivity index (χ3v) is 13.4. The summed E-state index contributed by atoms with van der Waals surface area (Å²) in [7, 11) is 1.68. The van der Waals surface area contributed by atoms with Crippen LogP contribution < -0.4 is 21.2 Å². The van der Waals surface area contributed by atoms with Gasteiger partial charge in [-0.3, -0.25) is 38.4 Å². The lowest BCUT2D eigenvalue weighted by molar-refractivity contribution is -0.135. The molecule has 1 unspecified atom stereocenters. The Labute approximate surface area is 363 Å². The van der Waals surface area contributed by atoms with Crippen LogP contribution in [0.5, 0.6) is 0 Å². The number of benzene rings is 1. The normalized spacial score (nSPS) is 22.4. The van der Waals surface area contributed by atoms with Gasteiger partial charge < -0.3 is 15.1 Å². The summed E-state index contributed by atoms with van der Waals surface area (Å²) < 4.78 is 34.8. The number of rotatable bonds is 9. The number of carbonyl (C=O) groups excluding carboxylic acids is 3. The summed E-state index contributed by atoms with van der Waals surface area (Å²) in [4.78, 5) is 63.0. The maximum Gasteiger partial charge on any atom is 0.329 e. The predicted molar refractivity (Wildman–Crippen MR) is 233 cm³/mol. The molecule has 1 aromatic carbocycles. The maximum absolute atomic E-state index is 14.3. The highest BCUT2D eigenvalue weighted by Crippen LogP contribution is 2.36. The number of anilines is 2. The van der Waals surface area contributed by atoms with Gasteiger partial charge >= 0.3 is 5.69 Å². The molecule has 9 rings (SSSR count). The first-order chi connectivity index (χ1) is 30.3. The largest absolute Gasteiger partial charge is 0.356 e. The van der Waals surface area contributed by atoms with Crippen molar-refractivity contribution in [3.05, 3.63) is 70.2 Å². The molecular formula is C45H54F2N12O4. The van der Waals surface area contributed by atoms with Crippen molar-refractivity contribution >= 4 is 45.9 Å². The molecule has 2 N–H and O–H groups in total. The van der Waals surface area contributed by atoms with Gasteiger partial charge in [0.2, 0.25) is 11.8 Å². The molecule has 0 bridgehead atoms. The first-order valence-electron chi connectivity index (χ1n) is 22.1. The van der Waals surface area contributed by atoms with Gasteiger partial charge in [0.05, 0.1) is 41.1 Å². The van der Waals surface area contributed by atoms with Gasteiger partial charge in [-0.15, -0.1) is 0 Å². The van der Waals surface area contributed by atoms with Crippen LogP contribution in [0.3, 0.4) is 0 Å². The molecule has 3 aliphatic heterocycles. The number of nitrogens with zero attached hydrogens (tertiary/aromatic N) is 10. The number of imidazole rings is 1. The lowest BCUT2D eigenvalue weighted by atomic mass is 9.84. The van der Waals surface area contributed by atoms with Gasteiger partial charge in [0.1, 0.15) is 17.4 Å². The van der Waals surface area contributed by atoms with Crippen molar-refractivity contribution in [3.8, 4) is 11.8 Å². The van der Waals surface area contributed by atoms with Crippen LogP contribution >= 0.6 is 0 Å². The van der Waals surface area contributed by atoms with E-state index in [1.54, 1.807) is 24.1 Å². The van der Waals surface area contributed by atoms with E-state index in [-0.39, 0.29) is 47.1 Å². The minimum absolute atomic E-state index is 0.000455. The zero-order valence-electron chi connectivity index (χ0n) is 36.0. The number of alkyl halides is 2. The van der Waals surface area contributed by atoms with Crippen molar-refractivity contribution in [3.63, 3.8) is 0 Å². The molecule has 3 amide bonds. The molecule has 1 aliphatic carbocycles. The summed E-state index contributed by atoms with van der Waals surface area (Å²) in [5.74, 6) is 6.47. The highest BCUT2D eigenvalue weighted by Gasteiger charge is 2.33. The summed E-state index contributed by atoms with van der Waals surface area (Å²) in [5, 5.41) is 13.7. The lowest BCUT2D eigenvalue weighted by Crippen LogP contribution is -2.48. The molecule has 7 heterocycles. The maximum atomic E-state index is 14.3. The predicted octanol–water partition coefficient (Wildman–Crippen LogP) is 4.77. The van der Waals surface area contributed by atoms with Crippen LogP contribution in [0.1, 0.15) is 105 Å². The first-order valence-corrected chi connectivity index (χ1v) is 22.1. The van der Waals surface area contributed by atoms with E-state index in [1.165, 1.54) is 19.8 Å². The number of aryl methyl sites for hydroxylation is 1. The van der Waals surface area contributed by atoms with Crippen LogP contribution in [-0.4, -0.2) is 113 Å². The number of nitrogens with one attached hydrogen (secondary N) is 2. The van der Waals surface area contributed by atoms with E-state index in [4.69, 9.17) is 4.98 Å². The van der Waals surface area contributed by atoms with E-state index >= 15 is 0 Å². The summed E-state index contributed by atoms with van der Waals surface area (Å²) in [6.07, 6.45) is 8.04. The van der Waals surface area contributed by atoms with Crippen molar-refractivity contribution in [1.29, 1.82) is 0 Å². The van der Waals surface area contributed by atoms with Crippen molar-refractivity contribution in [1.82, 2.24) is 48.6 Å². The van der Waals surface area contributed by atoms with Gasteiger partial charge in [-0.25, -0.2) is 23.1 Å². The SMILES string of the molecule is Cn1c(=O)n(C2CCC(=O)NC2=O)c2cccc(C#CCN3CCN(CC4CCC(n5cc(NC(=O)c6cnn7ccc(N8CCCC(C)(C)C8)nc67)c(C(F)F)n5)CC4)CC3)c21. The number of piperidine rings is 2. The molecule has 4 aromatic heterocycles. The Kier molecular flexibility index (Phi) is 11.7. The third kappa shape index (κ3) is 8.72. The topological polar surface area (TPSA) is 160 Å². The number of hydrogen-bond donors (Lipinski definition) is 2. The van der Waals surface area contributed by atoms with Gasteiger partial charge in [-0.2, -0.15) is 10.2 Å². The van der Waals surface area contributed by atoms with E-state index < -0.39 is 30.0 Å². The number of carbonyl (C=O) groups is 3. The molecule has 4 aliphatic rings. The smallest absolute Gasteiger partial charge is 0.329 e. The number of halogens is 2. The number of imide groups is 1. The fourth-order valence-electron chi connectivity index (χ4n) is 9.96. The highest BCUT2D eigenvalue weighted by atomic mass is 19.3. The van der Waals surface area contributed by atoms with Crippen molar-refractivity contribution in [2.75, 3.05) is 62.6 Å². The van der Waals surface area contributed by atoms with Crippen LogP contribution in [0.2, 0.25) is 0 Å². The minimum atomic E-state index is -2.86. The Balaban J connectivity index is 0.770. The average molecular weight is 865 g/mol. The van der Waals surface area contributed by atoms with E-state index in [1.807, 2.05) is 24.3 Å². The molecule has 18 heteroatoms. The van der Waals surface area contributed by atoms with Crippen molar-refractivity contribution < 1.29 is 23.2 Å². The van der Waals surface area contributed by atoms with Gasteiger partial charge in [0, 0.05) is 71.7 Å². The Morgan fingerprint density at radius 3 is 2.54 bits per heavy atom. The Morgan fingerprint density at radius 1 is 1.02 bits per heavy atom. The average Bonchev–Trinajstić information content (AvgIpc) is 3.96. The molecule has 0 spiro atoms. The van der Waals surface area contributed by atoms with E-state index in [0.717, 1.165) is 90.2 Å². The van der Waals surface area contributed by atoms with Crippen LogP contribution in [-0.2, 0) is 16.6 Å². The Morgan fingerprint density at radius 2 is 1.79 bits per heavy atom. The number of amides is 3. The molecule has 63 heavy (non-hydrogen) atoms. The van der Waals surface area contributed by atoms with Gasteiger partial charge in [-0.05, 0) is 74.5 Å². The molecule has 0 radical (unpaired) electrons. The quantitative estimate of drug-likeness (QED) is 0.156.